The number of carbonyl (C=O) groups excluding carboxylic acids is 1. The fraction of sp³-hybridized carbons (Fsp3) is 0.500. The number of ether oxygens (including phenoxy) is 2. The summed E-state index contributed by atoms with van der Waals surface area (Å²) >= 11 is 0. The Labute approximate surface area is 152 Å². The Kier molecular flexibility index (Phi) is 4.44. The number of methoxy groups -OCH3 is 1. The maximum Gasteiger partial charge on any atom is 0.220 e. The zero-order chi connectivity index (χ0) is 18.3. The van der Waals surface area contributed by atoms with Crippen LogP contribution >= 0.6 is 0 Å². The summed E-state index contributed by atoms with van der Waals surface area (Å²) in [7, 11) is 1.64. The van der Waals surface area contributed by atoms with Gasteiger partial charge in [-0.05, 0) is 49.8 Å². The van der Waals surface area contributed by atoms with E-state index >= 15 is 0 Å². The standard InChI is InChI=1S/C20H24N2O4/c1-25-13-6-7-16-14(8-13)15-9-17(26-18(15)10-22-16)19(23)11-2-4-12(5-3-11)20(21)24/h6-8,10-12,17,19,23H,2-5,9H2,1H3,(H2,21,24)/t11-,12-,17?,19?. The van der Waals surface area contributed by atoms with Crippen LogP contribution in [0, 0.1) is 11.8 Å². The Morgan fingerprint density at radius 1 is 1.35 bits per heavy atom. The summed E-state index contributed by atoms with van der Waals surface area (Å²) in [4.78, 5) is 15.8. The smallest absolute Gasteiger partial charge is 0.220 e. The van der Waals surface area contributed by atoms with Gasteiger partial charge < -0.3 is 20.3 Å². The molecule has 3 N–H and O–H groups in total. The summed E-state index contributed by atoms with van der Waals surface area (Å²) in [6, 6.07) is 5.79. The minimum Gasteiger partial charge on any atom is -0.497 e. The molecule has 0 bridgehead atoms. The van der Waals surface area contributed by atoms with Crippen LogP contribution in [0.2, 0.25) is 0 Å². The molecular formula is C20H24N2O4. The molecule has 26 heavy (non-hydrogen) atoms. The van der Waals surface area contributed by atoms with E-state index in [-0.39, 0.29) is 23.8 Å². The average molecular weight is 356 g/mol. The number of fused-ring (bicyclic) bond motifs is 3. The molecule has 0 saturated heterocycles. The van der Waals surface area contributed by atoms with Gasteiger partial charge in [-0.3, -0.25) is 9.78 Å². The van der Waals surface area contributed by atoms with Gasteiger partial charge in [0.2, 0.25) is 5.91 Å². The lowest BCUT2D eigenvalue weighted by molar-refractivity contribution is -0.123. The zero-order valence-electron chi connectivity index (χ0n) is 14.9. The number of nitrogens with zero attached hydrogens (tertiary/aromatic N) is 1. The summed E-state index contributed by atoms with van der Waals surface area (Å²) in [6.07, 6.45) is 4.65. The Hall–Kier alpha value is -2.34. The number of carbonyl (C=O) groups is 1. The molecule has 1 fully saturated rings. The highest BCUT2D eigenvalue weighted by Gasteiger charge is 2.37. The maximum atomic E-state index is 11.3. The van der Waals surface area contributed by atoms with E-state index in [9.17, 15) is 9.90 Å². The Balaban J connectivity index is 1.51. The molecule has 4 rings (SSSR count). The van der Waals surface area contributed by atoms with E-state index in [2.05, 4.69) is 4.98 Å². The second kappa shape index (κ2) is 6.76. The van der Waals surface area contributed by atoms with Crippen LogP contribution in [-0.2, 0) is 11.2 Å². The fourth-order valence-electron chi connectivity index (χ4n) is 4.29. The molecule has 0 spiro atoms. The average Bonchev–Trinajstić information content (AvgIpc) is 3.11. The van der Waals surface area contributed by atoms with Crippen LogP contribution in [-0.4, -0.2) is 35.3 Å². The first-order valence-electron chi connectivity index (χ1n) is 9.16. The largest absolute Gasteiger partial charge is 0.497 e. The number of aliphatic hydroxyl groups is 1. The molecule has 1 aromatic carbocycles. The van der Waals surface area contributed by atoms with Gasteiger partial charge in [0.1, 0.15) is 17.6 Å². The van der Waals surface area contributed by atoms with Gasteiger partial charge in [0.25, 0.3) is 0 Å². The normalized spacial score (nSPS) is 26.2. The van der Waals surface area contributed by atoms with Crippen molar-refractivity contribution >= 4 is 16.8 Å². The first-order chi connectivity index (χ1) is 12.6. The molecule has 1 aliphatic heterocycles. The predicted molar refractivity (Wildman–Crippen MR) is 97.1 cm³/mol. The number of amides is 1. The van der Waals surface area contributed by atoms with Gasteiger partial charge in [-0.25, -0.2) is 0 Å². The van der Waals surface area contributed by atoms with E-state index in [1.165, 1.54) is 0 Å². The number of benzene rings is 1. The third-order valence-corrected chi connectivity index (χ3v) is 5.87. The number of aliphatic hydroxyl groups excluding tert-OH is 1. The molecule has 1 aliphatic carbocycles. The van der Waals surface area contributed by atoms with Crippen molar-refractivity contribution in [2.24, 2.45) is 17.6 Å². The summed E-state index contributed by atoms with van der Waals surface area (Å²) in [5, 5.41) is 11.9. The van der Waals surface area contributed by atoms with Gasteiger partial charge >= 0.3 is 0 Å². The molecular weight excluding hydrogens is 332 g/mol. The van der Waals surface area contributed by atoms with E-state index < -0.39 is 6.10 Å². The predicted octanol–water partition coefficient (Wildman–Crippen LogP) is 2.20. The molecule has 2 aliphatic rings. The van der Waals surface area contributed by atoms with Crippen molar-refractivity contribution in [3.63, 3.8) is 0 Å². The highest BCUT2D eigenvalue weighted by Crippen LogP contribution is 2.39. The lowest BCUT2D eigenvalue weighted by atomic mass is 9.77. The van der Waals surface area contributed by atoms with Crippen molar-refractivity contribution in [3.8, 4) is 11.5 Å². The summed E-state index contributed by atoms with van der Waals surface area (Å²) < 4.78 is 11.4. The van der Waals surface area contributed by atoms with Crippen LogP contribution in [0.25, 0.3) is 10.9 Å². The summed E-state index contributed by atoms with van der Waals surface area (Å²) in [5.74, 6) is 1.37. The van der Waals surface area contributed by atoms with Crippen LogP contribution in [0.1, 0.15) is 31.2 Å². The number of hydrogen-bond acceptors (Lipinski definition) is 5. The molecule has 6 nitrogen and oxygen atoms in total. The van der Waals surface area contributed by atoms with Crippen molar-refractivity contribution in [1.82, 2.24) is 4.98 Å². The van der Waals surface area contributed by atoms with Crippen LogP contribution in [0.4, 0.5) is 0 Å². The molecule has 138 valence electrons. The minimum atomic E-state index is -0.558. The first-order valence-corrected chi connectivity index (χ1v) is 9.16. The number of primary amides is 1. The van der Waals surface area contributed by atoms with Gasteiger partial charge in [-0.1, -0.05) is 0 Å². The number of rotatable bonds is 4. The van der Waals surface area contributed by atoms with Crippen molar-refractivity contribution in [1.29, 1.82) is 0 Å². The Morgan fingerprint density at radius 2 is 2.12 bits per heavy atom. The lowest BCUT2D eigenvalue weighted by Gasteiger charge is -2.32. The summed E-state index contributed by atoms with van der Waals surface area (Å²) in [6.45, 7) is 0. The third kappa shape index (κ3) is 2.98. The van der Waals surface area contributed by atoms with Crippen LogP contribution in [0.3, 0.4) is 0 Å². The Morgan fingerprint density at radius 3 is 2.81 bits per heavy atom. The van der Waals surface area contributed by atoms with E-state index in [0.29, 0.717) is 6.42 Å². The molecule has 2 aromatic rings. The quantitative estimate of drug-likeness (QED) is 0.876. The zero-order valence-corrected chi connectivity index (χ0v) is 14.9. The van der Waals surface area contributed by atoms with Crippen molar-refractivity contribution in [2.45, 2.75) is 44.3 Å². The second-order valence-corrected chi connectivity index (χ2v) is 7.35. The minimum absolute atomic E-state index is 0.0549. The Bertz CT molecular complexity index is 830. The molecule has 0 radical (unpaired) electrons. The van der Waals surface area contributed by atoms with Crippen molar-refractivity contribution in [3.05, 3.63) is 30.0 Å². The van der Waals surface area contributed by atoms with Crippen molar-refractivity contribution < 1.29 is 19.4 Å². The molecule has 1 saturated carbocycles. The molecule has 2 heterocycles. The molecule has 1 aromatic heterocycles. The van der Waals surface area contributed by atoms with Gasteiger partial charge in [-0.2, -0.15) is 0 Å². The number of aromatic nitrogens is 1. The summed E-state index contributed by atoms with van der Waals surface area (Å²) in [5.41, 5.74) is 7.37. The van der Waals surface area contributed by atoms with Crippen LogP contribution < -0.4 is 15.2 Å². The van der Waals surface area contributed by atoms with Gasteiger partial charge in [0, 0.05) is 23.3 Å². The molecule has 2 unspecified atom stereocenters. The SMILES string of the molecule is COc1ccc2ncc3c(c2c1)CC(C(O)[C@H]1CC[C@H](C(N)=O)CC1)O3. The second-order valence-electron chi connectivity index (χ2n) is 7.35. The van der Waals surface area contributed by atoms with Crippen LogP contribution in [0.5, 0.6) is 11.5 Å². The van der Waals surface area contributed by atoms with E-state index in [1.807, 2.05) is 18.2 Å². The number of hydrogen-bond donors (Lipinski definition) is 2. The van der Waals surface area contributed by atoms with Gasteiger partial charge in [0.05, 0.1) is 24.9 Å². The topological polar surface area (TPSA) is 94.7 Å². The number of nitrogens with two attached hydrogens (primary N) is 1. The van der Waals surface area contributed by atoms with Gasteiger partial charge in [-0.15, -0.1) is 0 Å². The van der Waals surface area contributed by atoms with Gasteiger partial charge in [0.15, 0.2) is 0 Å². The lowest BCUT2D eigenvalue weighted by Crippen LogP contribution is -2.39. The highest BCUT2D eigenvalue weighted by atomic mass is 16.5. The third-order valence-electron chi connectivity index (χ3n) is 5.87. The molecule has 2 atom stereocenters. The maximum absolute atomic E-state index is 11.3. The van der Waals surface area contributed by atoms with E-state index in [0.717, 1.165) is 53.6 Å². The molecule has 1 amide bonds. The van der Waals surface area contributed by atoms with E-state index in [4.69, 9.17) is 15.2 Å². The van der Waals surface area contributed by atoms with Crippen LogP contribution in [0.15, 0.2) is 24.4 Å². The van der Waals surface area contributed by atoms with E-state index in [1.54, 1.807) is 13.3 Å². The monoisotopic (exact) mass is 356 g/mol. The first kappa shape index (κ1) is 17.1. The number of pyridine rings is 1. The molecule has 6 heteroatoms. The fourth-order valence-corrected chi connectivity index (χ4v) is 4.29. The van der Waals surface area contributed by atoms with Crippen molar-refractivity contribution in [2.75, 3.05) is 7.11 Å². The highest BCUT2D eigenvalue weighted by molar-refractivity contribution is 5.86.